The third kappa shape index (κ3) is 38.7. The first kappa shape index (κ1) is 52.5. The van der Waals surface area contributed by atoms with Crippen LogP contribution < -0.4 is 0 Å². The van der Waals surface area contributed by atoms with Crippen LogP contribution in [0.2, 0.25) is 0 Å². The highest BCUT2D eigenvalue weighted by molar-refractivity contribution is 7.47. The van der Waals surface area contributed by atoms with Crippen molar-refractivity contribution < 1.29 is 47.8 Å². The number of hydrogen-bond acceptors (Lipinski definition) is 9. The molecule has 0 radical (unpaired) electrons. The number of phosphoric acid groups is 1. The van der Waals surface area contributed by atoms with E-state index in [1.54, 1.807) is 0 Å². The molecule has 3 atom stereocenters. The summed E-state index contributed by atoms with van der Waals surface area (Å²) in [4.78, 5) is 34.9. The lowest BCUT2D eigenvalue weighted by atomic mass is 10.1. The zero-order chi connectivity index (χ0) is 39.8. The van der Waals surface area contributed by atoms with Crippen LogP contribution in [0.1, 0.15) is 200 Å². The topological polar surface area (TPSA) is 149 Å². The number of aliphatic hydroxyl groups excluding tert-OH is 2. The summed E-state index contributed by atoms with van der Waals surface area (Å²) in [5.74, 6) is -0.925. The van der Waals surface area contributed by atoms with Crippen LogP contribution >= 0.6 is 7.82 Å². The molecule has 0 heterocycles. The fourth-order valence-corrected chi connectivity index (χ4v) is 6.75. The van der Waals surface area contributed by atoms with Gasteiger partial charge in [-0.25, -0.2) is 4.57 Å². The minimum atomic E-state index is -4.61. The molecule has 0 saturated heterocycles. The van der Waals surface area contributed by atoms with Crippen LogP contribution in [0.4, 0.5) is 0 Å². The van der Waals surface area contributed by atoms with Crippen LogP contribution in [0, 0.1) is 0 Å². The molecular formula is C43H81O10P. The predicted octanol–water partition coefficient (Wildman–Crippen LogP) is 11.4. The molecule has 0 spiro atoms. The average molecular weight is 789 g/mol. The van der Waals surface area contributed by atoms with Gasteiger partial charge < -0.3 is 24.6 Å². The fraction of sp³-hybridized carbons (Fsp3) is 0.860. The Bertz CT molecular complexity index is 957. The first-order valence-electron chi connectivity index (χ1n) is 21.8. The molecule has 54 heavy (non-hydrogen) atoms. The van der Waals surface area contributed by atoms with E-state index in [4.69, 9.17) is 19.1 Å². The summed E-state index contributed by atoms with van der Waals surface area (Å²) in [5.41, 5.74) is 0. The van der Waals surface area contributed by atoms with Crippen molar-refractivity contribution >= 4 is 19.8 Å². The van der Waals surface area contributed by atoms with E-state index >= 15 is 0 Å². The van der Waals surface area contributed by atoms with Crippen molar-refractivity contribution in [1.29, 1.82) is 0 Å². The lowest BCUT2D eigenvalue weighted by Crippen LogP contribution is -2.29. The third-order valence-corrected chi connectivity index (χ3v) is 10.3. The normalized spacial score (nSPS) is 14.1. The van der Waals surface area contributed by atoms with Gasteiger partial charge in [-0.05, 0) is 44.9 Å². The quantitative estimate of drug-likeness (QED) is 0.0236. The molecule has 0 aromatic carbocycles. The zero-order valence-electron chi connectivity index (χ0n) is 34.4. The molecule has 10 nitrogen and oxygen atoms in total. The Hall–Kier alpha value is -1.55. The second-order valence-corrected chi connectivity index (χ2v) is 16.2. The molecule has 0 amide bonds. The summed E-state index contributed by atoms with van der Waals surface area (Å²) in [6.07, 6.45) is 38.6. The van der Waals surface area contributed by atoms with Crippen molar-refractivity contribution in [3.63, 3.8) is 0 Å². The third-order valence-electron chi connectivity index (χ3n) is 9.36. The van der Waals surface area contributed by atoms with Crippen molar-refractivity contribution in [3.8, 4) is 0 Å². The number of allylic oxidation sites excluding steroid dienone is 4. The number of unbranched alkanes of at least 4 members (excludes halogenated alkanes) is 23. The van der Waals surface area contributed by atoms with Gasteiger partial charge in [0.05, 0.1) is 19.8 Å². The Labute approximate surface area is 329 Å². The summed E-state index contributed by atoms with van der Waals surface area (Å²) in [5, 5.41) is 18.3. The minimum Gasteiger partial charge on any atom is -0.462 e. The monoisotopic (exact) mass is 789 g/mol. The highest BCUT2D eigenvalue weighted by atomic mass is 31.2. The Morgan fingerprint density at radius 1 is 0.556 bits per heavy atom. The standard InChI is InChI=1S/C43H81O10P/c1-3-5-7-9-11-13-15-16-17-18-19-20-21-22-23-24-25-27-29-31-33-35-43(47)53-41(39-52-54(48,49)51-37-40(45)36-44)38-50-42(46)34-32-30-28-26-14-12-10-8-6-4-2/h15-16,18-19,40-41,44-45H,3-14,17,20-39H2,1-2H3,(H,48,49)/b16-15-,19-18-. The SMILES string of the molecule is CCCCCCC/C=C\C/C=C\CCCCCCCCCCCC(=O)OC(COC(=O)CCCCCCCCCCCC)COP(=O)(O)OCC(O)CO. The van der Waals surface area contributed by atoms with E-state index in [1.807, 2.05) is 0 Å². The molecule has 11 heteroatoms. The van der Waals surface area contributed by atoms with Crippen molar-refractivity contribution in [3.05, 3.63) is 24.3 Å². The zero-order valence-corrected chi connectivity index (χ0v) is 35.3. The van der Waals surface area contributed by atoms with Crippen molar-refractivity contribution in [2.45, 2.75) is 212 Å². The van der Waals surface area contributed by atoms with Gasteiger partial charge in [0.25, 0.3) is 0 Å². The van der Waals surface area contributed by atoms with Gasteiger partial charge in [0, 0.05) is 12.8 Å². The van der Waals surface area contributed by atoms with Crippen LogP contribution in [0.5, 0.6) is 0 Å². The summed E-state index contributed by atoms with van der Waals surface area (Å²) in [6, 6.07) is 0. The van der Waals surface area contributed by atoms with Crippen LogP contribution in [-0.4, -0.2) is 65.7 Å². The van der Waals surface area contributed by atoms with Crippen molar-refractivity contribution in [1.82, 2.24) is 0 Å². The van der Waals surface area contributed by atoms with E-state index in [0.717, 1.165) is 51.4 Å². The second-order valence-electron chi connectivity index (χ2n) is 14.7. The number of hydrogen-bond donors (Lipinski definition) is 3. The first-order chi connectivity index (χ1) is 26.2. The van der Waals surface area contributed by atoms with E-state index in [0.29, 0.717) is 12.8 Å². The molecule has 0 aromatic rings. The molecule has 0 aromatic heterocycles. The molecule has 0 fully saturated rings. The van der Waals surface area contributed by atoms with Crippen LogP contribution in [0.25, 0.3) is 0 Å². The van der Waals surface area contributed by atoms with Gasteiger partial charge >= 0.3 is 19.8 Å². The molecule has 0 saturated carbocycles. The van der Waals surface area contributed by atoms with Gasteiger partial charge in [0.15, 0.2) is 6.10 Å². The highest BCUT2D eigenvalue weighted by Gasteiger charge is 2.27. The molecule has 3 unspecified atom stereocenters. The highest BCUT2D eigenvalue weighted by Crippen LogP contribution is 2.43. The Kier molecular flexibility index (Phi) is 38.5. The summed E-state index contributed by atoms with van der Waals surface area (Å²) < 4.78 is 32.7. The molecule has 0 bridgehead atoms. The largest absolute Gasteiger partial charge is 0.472 e. The summed E-state index contributed by atoms with van der Waals surface area (Å²) in [6.45, 7) is 2.36. The van der Waals surface area contributed by atoms with Gasteiger partial charge in [-0.1, -0.05) is 167 Å². The second kappa shape index (κ2) is 39.7. The summed E-state index contributed by atoms with van der Waals surface area (Å²) >= 11 is 0. The first-order valence-corrected chi connectivity index (χ1v) is 23.3. The van der Waals surface area contributed by atoms with Gasteiger partial charge in [0.2, 0.25) is 0 Å². The van der Waals surface area contributed by atoms with E-state index < -0.39 is 51.8 Å². The van der Waals surface area contributed by atoms with E-state index in [-0.39, 0.29) is 19.4 Å². The maximum atomic E-state index is 12.6. The van der Waals surface area contributed by atoms with E-state index in [1.165, 1.54) is 109 Å². The Morgan fingerprint density at radius 2 is 0.963 bits per heavy atom. The summed E-state index contributed by atoms with van der Waals surface area (Å²) in [7, 11) is -4.61. The van der Waals surface area contributed by atoms with Gasteiger partial charge in [0.1, 0.15) is 12.7 Å². The minimum absolute atomic E-state index is 0.182. The number of rotatable bonds is 41. The Balaban J connectivity index is 4.21. The average Bonchev–Trinajstić information content (AvgIpc) is 3.16. The predicted molar refractivity (Wildman–Crippen MR) is 219 cm³/mol. The van der Waals surface area contributed by atoms with Crippen LogP contribution in [0.3, 0.4) is 0 Å². The molecular weight excluding hydrogens is 707 g/mol. The van der Waals surface area contributed by atoms with Gasteiger partial charge in [-0.2, -0.15) is 0 Å². The number of esters is 2. The lowest BCUT2D eigenvalue weighted by molar-refractivity contribution is -0.161. The van der Waals surface area contributed by atoms with Crippen molar-refractivity contribution in [2.75, 3.05) is 26.4 Å². The number of carbonyl (C=O) groups excluding carboxylic acids is 2. The number of carbonyl (C=O) groups is 2. The van der Waals surface area contributed by atoms with Gasteiger partial charge in [-0.15, -0.1) is 0 Å². The molecule has 3 N–H and O–H groups in total. The van der Waals surface area contributed by atoms with E-state index in [2.05, 4.69) is 42.7 Å². The maximum absolute atomic E-state index is 12.6. The molecule has 318 valence electrons. The smallest absolute Gasteiger partial charge is 0.462 e. The van der Waals surface area contributed by atoms with E-state index in [9.17, 15) is 24.2 Å². The van der Waals surface area contributed by atoms with Gasteiger partial charge in [-0.3, -0.25) is 18.6 Å². The Morgan fingerprint density at radius 3 is 1.43 bits per heavy atom. The number of ether oxygens (including phenoxy) is 2. The van der Waals surface area contributed by atoms with Crippen LogP contribution in [-0.2, 0) is 32.7 Å². The molecule has 0 aliphatic heterocycles. The number of aliphatic hydroxyl groups is 2. The molecule has 0 rings (SSSR count). The fourth-order valence-electron chi connectivity index (χ4n) is 5.96. The lowest BCUT2D eigenvalue weighted by Gasteiger charge is -2.20. The maximum Gasteiger partial charge on any atom is 0.472 e. The van der Waals surface area contributed by atoms with Crippen LogP contribution in [0.15, 0.2) is 24.3 Å². The molecule has 0 aliphatic rings. The molecule has 0 aliphatic carbocycles. The van der Waals surface area contributed by atoms with Crippen molar-refractivity contribution in [2.24, 2.45) is 0 Å². The number of phosphoric ester groups is 1.